The van der Waals surface area contributed by atoms with Gasteiger partial charge in [0.05, 0.1) is 11.4 Å². The minimum Gasteiger partial charge on any atom is -0.340 e. The number of rotatable bonds is 11. The highest BCUT2D eigenvalue weighted by atomic mass is 15.1. The van der Waals surface area contributed by atoms with E-state index in [2.05, 4.69) is 276 Å². The van der Waals surface area contributed by atoms with Crippen molar-refractivity contribution in [2.24, 2.45) is 0 Å². The zero-order valence-electron chi connectivity index (χ0n) is 36.3. The number of fused-ring (bicyclic) bond motifs is 2. The second kappa shape index (κ2) is 17.4. The molecule has 0 saturated heterocycles. The number of hydrogen-bond acceptors (Lipinski definition) is 2. The minimum atomic E-state index is 0.797. The lowest BCUT2D eigenvalue weighted by atomic mass is 9.91. The van der Waals surface area contributed by atoms with Gasteiger partial charge in [-0.15, -0.1) is 0 Å². The smallest absolute Gasteiger partial charge is 0.0571 e. The maximum absolute atomic E-state index is 2.52. The normalized spacial score (nSPS) is 11.2. The van der Waals surface area contributed by atoms with Gasteiger partial charge in [0.15, 0.2) is 0 Å². The van der Waals surface area contributed by atoms with Gasteiger partial charge in [-0.05, 0) is 124 Å². The molecule has 0 amide bonds. The Labute approximate surface area is 381 Å². The Morgan fingerprint density at radius 1 is 0.277 bits per heavy atom. The van der Waals surface area contributed by atoms with Crippen molar-refractivity contribution in [1.29, 1.82) is 0 Å². The second-order valence-corrected chi connectivity index (χ2v) is 16.4. The first kappa shape index (κ1) is 39.4. The third-order valence-electron chi connectivity index (χ3n) is 12.5. The van der Waals surface area contributed by atoms with Crippen molar-refractivity contribution in [3.05, 3.63) is 255 Å². The van der Waals surface area contributed by atoms with Crippen molar-refractivity contribution in [2.45, 2.75) is 13.5 Å². The number of aromatic nitrogens is 1. The summed E-state index contributed by atoms with van der Waals surface area (Å²) in [7, 11) is 0. The SMILES string of the molecule is CCn1c(-c2ccccc2)c(-c2ccc(N(c3ccccc3)c3ccc4ccccc4c3)cc2)c(-c2ccc(N(c3ccccc3)c3ccc4ccccc4c3)cc2)c1-c1ccccc1. The molecule has 0 spiro atoms. The molecule has 0 saturated carbocycles. The van der Waals surface area contributed by atoms with Gasteiger partial charge in [0.2, 0.25) is 0 Å². The van der Waals surface area contributed by atoms with E-state index in [0.717, 1.165) is 51.8 Å². The van der Waals surface area contributed by atoms with Gasteiger partial charge in [-0.25, -0.2) is 0 Å². The summed E-state index contributed by atoms with van der Waals surface area (Å²) in [6.07, 6.45) is 0. The average molecular weight is 834 g/mol. The van der Waals surface area contributed by atoms with E-state index < -0.39 is 0 Å². The molecule has 0 aliphatic heterocycles. The largest absolute Gasteiger partial charge is 0.340 e. The van der Waals surface area contributed by atoms with Crippen LogP contribution < -0.4 is 9.80 Å². The lowest BCUT2D eigenvalue weighted by Gasteiger charge is -2.26. The Morgan fingerprint density at radius 3 is 0.954 bits per heavy atom. The molecule has 65 heavy (non-hydrogen) atoms. The standard InChI is InChI=1S/C62H47N3/c1-2-63-61(49-21-7-3-8-22-49)59(47-33-37-55(38-34-47)64(53-27-11-5-12-28-53)57-41-31-45-19-15-17-25-51(45)43-57)60(62(63)50-23-9-4-10-24-50)48-35-39-56(40-36-48)65(54-29-13-6-14-30-54)58-42-32-46-20-16-18-26-52(46)44-58/h3-44H,2H2,1H3. The van der Waals surface area contributed by atoms with Gasteiger partial charge in [0.25, 0.3) is 0 Å². The fourth-order valence-corrected chi connectivity index (χ4v) is 9.52. The van der Waals surface area contributed by atoms with Crippen LogP contribution in [0, 0.1) is 0 Å². The van der Waals surface area contributed by atoms with Crippen LogP contribution in [0.4, 0.5) is 34.1 Å². The molecule has 0 aliphatic rings. The molecule has 0 N–H and O–H groups in total. The first-order chi connectivity index (χ1) is 32.2. The first-order valence-corrected chi connectivity index (χ1v) is 22.5. The van der Waals surface area contributed by atoms with Crippen molar-refractivity contribution in [1.82, 2.24) is 4.57 Å². The molecule has 11 aromatic rings. The molecule has 3 heteroatoms. The molecule has 1 heterocycles. The van der Waals surface area contributed by atoms with Crippen molar-refractivity contribution in [2.75, 3.05) is 9.80 Å². The zero-order chi connectivity index (χ0) is 43.5. The maximum atomic E-state index is 2.52. The van der Waals surface area contributed by atoms with E-state index in [4.69, 9.17) is 0 Å². The molecule has 0 atom stereocenters. The third-order valence-corrected chi connectivity index (χ3v) is 12.5. The fourth-order valence-electron chi connectivity index (χ4n) is 9.52. The lowest BCUT2D eigenvalue weighted by Crippen LogP contribution is -2.09. The van der Waals surface area contributed by atoms with E-state index in [1.165, 1.54) is 55.2 Å². The molecule has 0 bridgehead atoms. The van der Waals surface area contributed by atoms with E-state index in [0.29, 0.717) is 0 Å². The van der Waals surface area contributed by atoms with Gasteiger partial charge in [-0.2, -0.15) is 0 Å². The summed E-state index contributed by atoms with van der Waals surface area (Å²) < 4.78 is 2.52. The van der Waals surface area contributed by atoms with Gasteiger partial charge in [-0.1, -0.05) is 182 Å². The highest BCUT2D eigenvalue weighted by molar-refractivity contribution is 6.03. The number of benzene rings is 10. The summed E-state index contributed by atoms with van der Waals surface area (Å²) in [4.78, 5) is 4.71. The van der Waals surface area contributed by atoms with Crippen molar-refractivity contribution >= 4 is 55.7 Å². The van der Waals surface area contributed by atoms with Crippen LogP contribution >= 0.6 is 0 Å². The van der Waals surface area contributed by atoms with Crippen molar-refractivity contribution in [3.8, 4) is 44.8 Å². The molecule has 0 radical (unpaired) electrons. The van der Waals surface area contributed by atoms with Gasteiger partial charge < -0.3 is 14.4 Å². The second-order valence-electron chi connectivity index (χ2n) is 16.4. The summed E-state index contributed by atoms with van der Waals surface area (Å²) in [6.45, 7) is 3.06. The van der Waals surface area contributed by atoms with Gasteiger partial charge in [0, 0.05) is 51.8 Å². The van der Waals surface area contributed by atoms with Crippen LogP contribution in [0.2, 0.25) is 0 Å². The molecule has 1 aromatic heterocycles. The summed E-state index contributed by atoms with van der Waals surface area (Å²) >= 11 is 0. The summed E-state index contributed by atoms with van der Waals surface area (Å²) in [6, 6.07) is 92.2. The predicted octanol–water partition coefficient (Wildman–Crippen LogP) is 17.4. The van der Waals surface area contributed by atoms with Crippen LogP contribution in [-0.4, -0.2) is 4.57 Å². The highest BCUT2D eigenvalue weighted by Crippen LogP contribution is 2.50. The van der Waals surface area contributed by atoms with Crippen molar-refractivity contribution in [3.63, 3.8) is 0 Å². The highest BCUT2D eigenvalue weighted by Gasteiger charge is 2.27. The van der Waals surface area contributed by atoms with Gasteiger partial charge in [-0.3, -0.25) is 0 Å². The first-order valence-electron chi connectivity index (χ1n) is 22.5. The molecule has 310 valence electrons. The molecular formula is C62H47N3. The Kier molecular flexibility index (Phi) is 10.6. The zero-order valence-corrected chi connectivity index (χ0v) is 36.3. The maximum Gasteiger partial charge on any atom is 0.0571 e. The average Bonchev–Trinajstić information content (AvgIpc) is 3.73. The predicted molar refractivity (Wildman–Crippen MR) is 276 cm³/mol. The molecule has 3 nitrogen and oxygen atoms in total. The van der Waals surface area contributed by atoms with E-state index in [1.54, 1.807) is 0 Å². The Bertz CT molecular complexity index is 3150. The summed E-state index contributed by atoms with van der Waals surface area (Å²) in [5.74, 6) is 0. The molecule has 0 fully saturated rings. The number of anilines is 6. The quantitative estimate of drug-likeness (QED) is 0.129. The van der Waals surface area contributed by atoms with E-state index in [9.17, 15) is 0 Å². The molecule has 11 rings (SSSR count). The third kappa shape index (κ3) is 7.53. The number of nitrogens with zero attached hydrogens (tertiary/aromatic N) is 3. The Balaban J connectivity index is 1.10. The van der Waals surface area contributed by atoms with Crippen LogP contribution in [0.25, 0.3) is 66.3 Å². The molecule has 0 unspecified atom stereocenters. The molecule has 10 aromatic carbocycles. The van der Waals surface area contributed by atoms with Crippen LogP contribution in [0.15, 0.2) is 255 Å². The van der Waals surface area contributed by atoms with Crippen LogP contribution in [0.1, 0.15) is 6.92 Å². The summed E-state index contributed by atoms with van der Waals surface area (Å²) in [5.41, 5.74) is 16.1. The van der Waals surface area contributed by atoms with E-state index in [1.807, 2.05) is 0 Å². The van der Waals surface area contributed by atoms with Crippen LogP contribution in [0.3, 0.4) is 0 Å². The van der Waals surface area contributed by atoms with E-state index in [-0.39, 0.29) is 0 Å². The fraction of sp³-hybridized carbons (Fsp3) is 0.0323. The topological polar surface area (TPSA) is 11.4 Å². The summed E-state index contributed by atoms with van der Waals surface area (Å²) in [5, 5.41) is 4.88. The minimum absolute atomic E-state index is 0.797. The number of hydrogen-bond donors (Lipinski definition) is 0. The molecule has 0 aliphatic carbocycles. The van der Waals surface area contributed by atoms with Gasteiger partial charge in [0.1, 0.15) is 0 Å². The number of para-hydroxylation sites is 2. The van der Waals surface area contributed by atoms with Crippen LogP contribution in [-0.2, 0) is 6.54 Å². The monoisotopic (exact) mass is 833 g/mol. The Hall–Kier alpha value is -8.40. The Morgan fingerprint density at radius 2 is 0.585 bits per heavy atom. The van der Waals surface area contributed by atoms with Gasteiger partial charge >= 0.3 is 0 Å². The van der Waals surface area contributed by atoms with E-state index >= 15 is 0 Å². The molecular weight excluding hydrogens is 787 g/mol. The lowest BCUT2D eigenvalue weighted by molar-refractivity contribution is 0.785. The van der Waals surface area contributed by atoms with Crippen molar-refractivity contribution < 1.29 is 0 Å². The van der Waals surface area contributed by atoms with Crippen LogP contribution in [0.5, 0.6) is 0 Å².